The summed E-state index contributed by atoms with van der Waals surface area (Å²) in [7, 11) is 0. The Morgan fingerprint density at radius 2 is 1.96 bits per heavy atom. The Labute approximate surface area is 150 Å². The fraction of sp³-hybridized carbons (Fsp3) is 0.200. The molecule has 3 aromatic rings. The summed E-state index contributed by atoms with van der Waals surface area (Å²) in [6, 6.07) is 13.6. The van der Waals surface area contributed by atoms with Crippen molar-refractivity contribution in [3.63, 3.8) is 0 Å². The van der Waals surface area contributed by atoms with Crippen LogP contribution in [-0.4, -0.2) is 34.8 Å². The lowest BCUT2D eigenvalue weighted by molar-refractivity contribution is -0.132. The molecule has 0 radical (unpaired) electrons. The molecular weight excluding hydrogens is 333 g/mol. The predicted molar refractivity (Wildman–Crippen MR) is 99.3 cm³/mol. The molecule has 1 heterocycles. The summed E-state index contributed by atoms with van der Waals surface area (Å²) in [5, 5.41) is 3.72. The van der Waals surface area contributed by atoms with Crippen molar-refractivity contribution in [3.05, 3.63) is 66.1 Å². The number of aromatic nitrogens is 1. The number of nitrogens with zero attached hydrogens (tertiary/aromatic N) is 1. The van der Waals surface area contributed by atoms with Gasteiger partial charge in [0, 0.05) is 36.3 Å². The highest BCUT2D eigenvalue weighted by atomic mass is 19.1. The van der Waals surface area contributed by atoms with E-state index in [0.29, 0.717) is 18.7 Å². The van der Waals surface area contributed by atoms with E-state index in [4.69, 9.17) is 0 Å². The average molecular weight is 353 g/mol. The quantitative estimate of drug-likeness (QED) is 0.714. The number of carbonyl (C=O) groups is 2. The molecule has 0 unspecified atom stereocenters. The second-order valence-corrected chi connectivity index (χ2v) is 6.11. The molecule has 0 aliphatic heterocycles. The molecule has 0 fully saturated rings. The summed E-state index contributed by atoms with van der Waals surface area (Å²) in [4.78, 5) is 28.8. The minimum absolute atomic E-state index is 0.0752. The monoisotopic (exact) mass is 353 g/mol. The van der Waals surface area contributed by atoms with Crippen molar-refractivity contribution in [2.75, 3.05) is 18.4 Å². The van der Waals surface area contributed by atoms with E-state index in [2.05, 4.69) is 10.3 Å². The number of rotatable bonds is 6. The zero-order chi connectivity index (χ0) is 18.5. The van der Waals surface area contributed by atoms with Crippen molar-refractivity contribution in [2.45, 2.75) is 13.3 Å². The molecular formula is C20H20FN3O2. The van der Waals surface area contributed by atoms with Crippen LogP contribution in [0.25, 0.3) is 10.9 Å². The Bertz CT molecular complexity index is 935. The summed E-state index contributed by atoms with van der Waals surface area (Å²) < 4.78 is 13.2. The average Bonchev–Trinajstić information content (AvgIpc) is 3.01. The standard InChI is InChI=1S/C20H20FN3O2/c1-14(25)24(13-20(26)23-17-6-4-5-16(21)11-17)10-9-15-12-22-19-8-3-2-7-18(15)19/h2-8,11-12,22H,9-10,13H2,1H3,(H,23,26). The highest BCUT2D eigenvalue weighted by Crippen LogP contribution is 2.18. The van der Waals surface area contributed by atoms with E-state index in [-0.39, 0.29) is 18.4 Å². The minimum atomic E-state index is -0.425. The molecule has 134 valence electrons. The predicted octanol–water partition coefficient (Wildman–Crippen LogP) is 3.34. The van der Waals surface area contributed by atoms with Gasteiger partial charge in [0.25, 0.3) is 0 Å². The molecule has 6 heteroatoms. The maximum atomic E-state index is 13.2. The number of halogens is 1. The largest absolute Gasteiger partial charge is 0.361 e. The first-order valence-electron chi connectivity index (χ1n) is 8.39. The lowest BCUT2D eigenvalue weighted by Gasteiger charge is -2.20. The molecule has 1 aromatic heterocycles. The van der Waals surface area contributed by atoms with E-state index in [1.165, 1.54) is 30.0 Å². The molecule has 2 N–H and O–H groups in total. The van der Waals surface area contributed by atoms with Crippen LogP contribution in [0, 0.1) is 5.82 Å². The van der Waals surface area contributed by atoms with Crippen LogP contribution in [0.5, 0.6) is 0 Å². The van der Waals surface area contributed by atoms with Gasteiger partial charge in [-0.15, -0.1) is 0 Å². The third-order valence-corrected chi connectivity index (χ3v) is 4.21. The first-order chi connectivity index (χ1) is 12.5. The van der Waals surface area contributed by atoms with Crippen LogP contribution >= 0.6 is 0 Å². The number of benzene rings is 2. The van der Waals surface area contributed by atoms with Gasteiger partial charge in [0.15, 0.2) is 0 Å². The summed E-state index contributed by atoms with van der Waals surface area (Å²) >= 11 is 0. The number of hydrogen-bond donors (Lipinski definition) is 2. The van der Waals surface area contributed by atoms with Crippen LogP contribution in [0.1, 0.15) is 12.5 Å². The number of H-pyrrole nitrogens is 1. The van der Waals surface area contributed by atoms with Crippen molar-refractivity contribution < 1.29 is 14.0 Å². The van der Waals surface area contributed by atoms with Gasteiger partial charge in [-0.3, -0.25) is 9.59 Å². The molecule has 3 rings (SSSR count). The lowest BCUT2D eigenvalue weighted by atomic mass is 10.1. The number of fused-ring (bicyclic) bond motifs is 1. The third-order valence-electron chi connectivity index (χ3n) is 4.21. The SMILES string of the molecule is CC(=O)N(CCc1c[nH]c2ccccc12)CC(=O)Nc1cccc(F)c1. The second-order valence-electron chi connectivity index (χ2n) is 6.11. The highest BCUT2D eigenvalue weighted by molar-refractivity contribution is 5.94. The van der Waals surface area contributed by atoms with Crippen LogP contribution in [0.4, 0.5) is 10.1 Å². The molecule has 0 aliphatic rings. The zero-order valence-corrected chi connectivity index (χ0v) is 14.5. The van der Waals surface area contributed by atoms with Gasteiger partial charge in [-0.1, -0.05) is 24.3 Å². The van der Waals surface area contributed by atoms with Crippen LogP contribution in [0.3, 0.4) is 0 Å². The fourth-order valence-corrected chi connectivity index (χ4v) is 2.88. The summed E-state index contributed by atoms with van der Waals surface area (Å²) in [6.07, 6.45) is 2.56. The van der Waals surface area contributed by atoms with Gasteiger partial charge < -0.3 is 15.2 Å². The van der Waals surface area contributed by atoms with E-state index in [1.807, 2.05) is 30.5 Å². The van der Waals surface area contributed by atoms with Gasteiger partial charge >= 0.3 is 0 Å². The minimum Gasteiger partial charge on any atom is -0.361 e. The van der Waals surface area contributed by atoms with Crippen LogP contribution in [0.2, 0.25) is 0 Å². The Morgan fingerprint density at radius 1 is 1.15 bits per heavy atom. The number of para-hydroxylation sites is 1. The van der Waals surface area contributed by atoms with E-state index in [0.717, 1.165) is 16.5 Å². The van der Waals surface area contributed by atoms with E-state index in [9.17, 15) is 14.0 Å². The van der Waals surface area contributed by atoms with Crippen LogP contribution in [-0.2, 0) is 16.0 Å². The van der Waals surface area contributed by atoms with E-state index < -0.39 is 5.82 Å². The van der Waals surface area contributed by atoms with Crippen molar-refractivity contribution in [3.8, 4) is 0 Å². The number of anilines is 1. The Balaban J connectivity index is 1.62. The summed E-state index contributed by atoms with van der Waals surface area (Å²) in [5.74, 6) is -0.963. The third kappa shape index (κ3) is 4.27. The Kier molecular flexibility index (Phi) is 5.31. The van der Waals surface area contributed by atoms with Crippen LogP contribution < -0.4 is 5.32 Å². The number of aromatic amines is 1. The first kappa shape index (κ1) is 17.7. The Morgan fingerprint density at radius 3 is 2.73 bits per heavy atom. The number of hydrogen-bond acceptors (Lipinski definition) is 2. The maximum Gasteiger partial charge on any atom is 0.243 e. The normalized spacial score (nSPS) is 10.7. The van der Waals surface area contributed by atoms with Crippen LogP contribution in [0.15, 0.2) is 54.7 Å². The topological polar surface area (TPSA) is 65.2 Å². The molecule has 5 nitrogen and oxygen atoms in total. The van der Waals surface area contributed by atoms with Crippen molar-refractivity contribution >= 4 is 28.4 Å². The van der Waals surface area contributed by atoms with E-state index >= 15 is 0 Å². The van der Waals surface area contributed by atoms with Crippen molar-refractivity contribution in [2.24, 2.45) is 0 Å². The van der Waals surface area contributed by atoms with Gasteiger partial charge in [0.05, 0.1) is 6.54 Å². The second kappa shape index (κ2) is 7.82. The van der Waals surface area contributed by atoms with Gasteiger partial charge in [-0.05, 0) is 36.2 Å². The first-order valence-corrected chi connectivity index (χ1v) is 8.39. The molecule has 0 saturated carbocycles. The van der Waals surface area contributed by atoms with Gasteiger partial charge in [-0.25, -0.2) is 4.39 Å². The number of carbonyl (C=O) groups excluding carboxylic acids is 2. The summed E-state index contributed by atoms with van der Waals surface area (Å²) in [5.41, 5.74) is 2.51. The molecule has 2 amide bonds. The molecule has 0 saturated heterocycles. The van der Waals surface area contributed by atoms with Gasteiger partial charge in [-0.2, -0.15) is 0 Å². The molecule has 0 spiro atoms. The number of nitrogens with one attached hydrogen (secondary N) is 2. The fourth-order valence-electron chi connectivity index (χ4n) is 2.88. The highest BCUT2D eigenvalue weighted by Gasteiger charge is 2.15. The van der Waals surface area contributed by atoms with E-state index in [1.54, 1.807) is 6.07 Å². The lowest BCUT2D eigenvalue weighted by Crippen LogP contribution is -2.38. The number of amides is 2. The summed E-state index contributed by atoms with van der Waals surface area (Å²) in [6.45, 7) is 1.78. The zero-order valence-electron chi connectivity index (χ0n) is 14.5. The Hall–Kier alpha value is -3.15. The van der Waals surface area contributed by atoms with Gasteiger partial charge in [0.2, 0.25) is 11.8 Å². The molecule has 0 bridgehead atoms. The van der Waals surface area contributed by atoms with Crippen molar-refractivity contribution in [1.29, 1.82) is 0 Å². The smallest absolute Gasteiger partial charge is 0.243 e. The van der Waals surface area contributed by atoms with Crippen molar-refractivity contribution in [1.82, 2.24) is 9.88 Å². The molecule has 0 atom stereocenters. The molecule has 2 aromatic carbocycles. The maximum absolute atomic E-state index is 13.2. The molecule has 26 heavy (non-hydrogen) atoms. The molecule has 0 aliphatic carbocycles. The van der Waals surface area contributed by atoms with Gasteiger partial charge in [0.1, 0.15) is 5.82 Å².